The zero-order chi connectivity index (χ0) is 8.43. The number of rotatable bonds is 1. The van der Waals surface area contributed by atoms with Crippen LogP contribution in [0.25, 0.3) is 0 Å². The van der Waals surface area contributed by atoms with Crippen molar-refractivity contribution in [1.29, 1.82) is 0 Å². The summed E-state index contributed by atoms with van der Waals surface area (Å²) >= 11 is 7.08. The Balaban J connectivity index is 3.19. The number of halogens is 1. The minimum absolute atomic E-state index is 0.0440. The molecule has 0 aromatic carbocycles. The van der Waals surface area contributed by atoms with E-state index in [0.29, 0.717) is 4.34 Å². The van der Waals surface area contributed by atoms with Crippen molar-refractivity contribution < 1.29 is 0 Å². The summed E-state index contributed by atoms with van der Waals surface area (Å²) in [6.45, 7) is 0. The molecule has 0 aliphatic carbocycles. The summed E-state index contributed by atoms with van der Waals surface area (Å²) in [4.78, 5) is 12.8. The molecule has 60 valence electrons. The van der Waals surface area contributed by atoms with Crippen molar-refractivity contribution in [2.24, 2.45) is 0 Å². The average Bonchev–Trinajstić information content (AvgIpc) is 1.85. The van der Waals surface area contributed by atoms with E-state index in [9.17, 15) is 4.79 Å². The van der Waals surface area contributed by atoms with Gasteiger partial charge in [0.1, 0.15) is 0 Å². The highest BCUT2D eigenvalue weighted by Crippen LogP contribution is 2.22. The average molecular weight is 190 g/mol. The van der Waals surface area contributed by atoms with Crippen LogP contribution in [0.1, 0.15) is 0 Å². The van der Waals surface area contributed by atoms with E-state index >= 15 is 0 Å². The van der Waals surface area contributed by atoms with Crippen LogP contribution in [0.15, 0.2) is 16.9 Å². The molecule has 0 saturated heterocycles. The van der Waals surface area contributed by atoms with E-state index in [1.807, 2.05) is 19.0 Å². The number of anilines is 1. The van der Waals surface area contributed by atoms with Crippen molar-refractivity contribution in [2.75, 3.05) is 19.0 Å². The second kappa shape index (κ2) is 3.24. The van der Waals surface area contributed by atoms with Crippen LogP contribution in [0.5, 0.6) is 0 Å². The quantitative estimate of drug-likeness (QED) is 0.672. The molecular formula is C7H8ClNOS. The third-order valence-corrected chi connectivity index (χ3v) is 2.51. The predicted molar refractivity (Wildman–Crippen MR) is 49.9 cm³/mol. The third-order valence-electron chi connectivity index (χ3n) is 1.16. The van der Waals surface area contributed by atoms with Crippen molar-refractivity contribution in [2.45, 2.75) is 0 Å². The van der Waals surface area contributed by atoms with Gasteiger partial charge in [-0.15, -0.1) is 11.3 Å². The summed E-state index contributed by atoms with van der Waals surface area (Å²) in [6, 6.07) is 2.98. The Kier molecular flexibility index (Phi) is 2.52. The summed E-state index contributed by atoms with van der Waals surface area (Å²) in [5.74, 6) is 0. The first-order chi connectivity index (χ1) is 5.09. The summed E-state index contributed by atoms with van der Waals surface area (Å²) in [5.41, 5.74) is -0.0440. The molecule has 0 unspecified atom stereocenters. The largest absolute Gasteiger partial charge is 0.369 e. The molecule has 2 nitrogen and oxygen atoms in total. The SMILES string of the molecule is CN(C)c1cc(=O)cc(Cl)s1. The van der Waals surface area contributed by atoms with E-state index in [1.54, 1.807) is 6.07 Å². The summed E-state index contributed by atoms with van der Waals surface area (Å²) in [7, 11) is 3.75. The molecule has 0 bridgehead atoms. The summed E-state index contributed by atoms with van der Waals surface area (Å²) in [5, 5.41) is 0.877. The minimum Gasteiger partial charge on any atom is -0.369 e. The van der Waals surface area contributed by atoms with E-state index in [0.717, 1.165) is 5.00 Å². The van der Waals surface area contributed by atoms with Gasteiger partial charge < -0.3 is 4.90 Å². The lowest BCUT2D eigenvalue weighted by molar-refractivity contribution is 1.15. The van der Waals surface area contributed by atoms with Crippen molar-refractivity contribution >= 4 is 27.9 Å². The summed E-state index contributed by atoms with van der Waals surface area (Å²) < 4.78 is 0.529. The van der Waals surface area contributed by atoms with Crippen LogP contribution >= 0.6 is 22.9 Å². The van der Waals surface area contributed by atoms with Crippen LogP contribution in [0, 0.1) is 0 Å². The maximum absolute atomic E-state index is 10.9. The van der Waals surface area contributed by atoms with E-state index < -0.39 is 0 Å². The normalized spacial score (nSPS) is 9.73. The van der Waals surface area contributed by atoms with Crippen LogP contribution in [0.2, 0.25) is 4.34 Å². The Bertz CT molecular complexity index is 308. The molecule has 0 saturated carbocycles. The smallest absolute Gasteiger partial charge is 0.183 e. The topological polar surface area (TPSA) is 20.3 Å². The zero-order valence-electron chi connectivity index (χ0n) is 6.30. The van der Waals surface area contributed by atoms with Gasteiger partial charge in [0.15, 0.2) is 5.43 Å². The fourth-order valence-electron chi connectivity index (χ4n) is 0.654. The molecule has 0 atom stereocenters. The molecular weight excluding hydrogens is 182 g/mol. The number of hydrogen-bond acceptors (Lipinski definition) is 3. The van der Waals surface area contributed by atoms with Crippen LogP contribution in [-0.2, 0) is 0 Å². The second-order valence-corrected chi connectivity index (χ2v) is 4.02. The molecule has 1 aromatic heterocycles. The first-order valence-electron chi connectivity index (χ1n) is 3.07. The van der Waals surface area contributed by atoms with E-state index in [-0.39, 0.29) is 5.43 Å². The second-order valence-electron chi connectivity index (χ2n) is 2.33. The van der Waals surface area contributed by atoms with E-state index in [1.165, 1.54) is 17.4 Å². The van der Waals surface area contributed by atoms with Gasteiger partial charge in [0.05, 0.1) is 9.34 Å². The van der Waals surface area contributed by atoms with Crippen LogP contribution < -0.4 is 10.3 Å². The van der Waals surface area contributed by atoms with E-state index in [2.05, 4.69) is 0 Å². The van der Waals surface area contributed by atoms with Crippen LogP contribution in [-0.4, -0.2) is 14.1 Å². The van der Waals surface area contributed by atoms with Gasteiger partial charge in [-0.2, -0.15) is 0 Å². The molecule has 0 amide bonds. The molecule has 11 heavy (non-hydrogen) atoms. The van der Waals surface area contributed by atoms with Crippen molar-refractivity contribution in [3.63, 3.8) is 0 Å². The fourth-order valence-corrected chi connectivity index (χ4v) is 1.73. The molecule has 0 aliphatic heterocycles. The molecule has 0 spiro atoms. The monoisotopic (exact) mass is 189 g/mol. The molecule has 0 aliphatic rings. The van der Waals surface area contributed by atoms with Gasteiger partial charge in [0.2, 0.25) is 0 Å². The Morgan fingerprint density at radius 1 is 1.45 bits per heavy atom. The summed E-state index contributed by atoms with van der Waals surface area (Å²) in [6.07, 6.45) is 0. The zero-order valence-corrected chi connectivity index (χ0v) is 7.87. The van der Waals surface area contributed by atoms with Crippen molar-refractivity contribution in [3.8, 4) is 0 Å². The lowest BCUT2D eigenvalue weighted by atomic mass is 10.5. The highest BCUT2D eigenvalue weighted by Gasteiger charge is 1.98. The lowest BCUT2D eigenvalue weighted by Crippen LogP contribution is -2.10. The molecule has 1 aromatic rings. The maximum atomic E-state index is 10.9. The van der Waals surface area contributed by atoms with Gasteiger partial charge in [-0.1, -0.05) is 11.6 Å². The maximum Gasteiger partial charge on any atom is 0.183 e. The molecule has 0 fully saturated rings. The molecule has 1 rings (SSSR count). The Morgan fingerprint density at radius 2 is 2.09 bits per heavy atom. The Labute approximate surface area is 74.0 Å². The minimum atomic E-state index is -0.0440. The number of nitrogens with zero attached hydrogens (tertiary/aromatic N) is 1. The van der Waals surface area contributed by atoms with Gasteiger partial charge >= 0.3 is 0 Å². The van der Waals surface area contributed by atoms with Gasteiger partial charge in [-0.25, -0.2) is 0 Å². The van der Waals surface area contributed by atoms with Gasteiger partial charge in [-0.05, 0) is 0 Å². The molecule has 0 N–H and O–H groups in total. The standard InChI is InChI=1S/C7H8ClNOS/c1-9(2)7-4-5(10)3-6(8)11-7/h3-4H,1-2H3. The predicted octanol–water partition coefficient (Wildman–Crippen LogP) is 1.83. The molecule has 1 heterocycles. The first kappa shape index (κ1) is 8.56. The van der Waals surface area contributed by atoms with E-state index in [4.69, 9.17) is 11.6 Å². The van der Waals surface area contributed by atoms with Crippen molar-refractivity contribution in [1.82, 2.24) is 0 Å². The van der Waals surface area contributed by atoms with Gasteiger partial charge in [-0.3, -0.25) is 4.79 Å². The Morgan fingerprint density at radius 3 is 2.55 bits per heavy atom. The van der Waals surface area contributed by atoms with Gasteiger partial charge in [0, 0.05) is 26.2 Å². The fraction of sp³-hybridized carbons (Fsp3) is 0.286. The van der Waals surface area contributed by atoms with Crippen LogP contribution in [0.3, 0.4) is 0 Å². The molecule has 0 radical (unpaired) electrons. The van der Waals surface area contributed by atoms with Crippen LogP contribution in [0.4, 0.5) is 5.00 Å². The highest BCUT2D eigenvalue weighted by molar-refractivity contribution is 7.19. The van der Waals surface area contributed by atoms with Crippen molar-refractivity contribution in [3.05, 3.63) is 26.7 Å². The lowest BCUT2D eigenvalue weighted by Gasteiger charge is -2.09. The highest BCUT2D eigenvalue weighted by atomic mass is 35.5. The first-order valence-corrected chi connectivity index (χ1v) is 4.27. The Hall–Kier alpha value is -0.540. The number of hydrogen-bond donors (Lipinski definition) is 0. The third kappa shape index (κ3) is 2.20. The van der Waals surface area contributed by atoms with Gasteiger partial charge in [0.25, 0.3) is 0 Å². The molecule has 4 heteroatoms.